The summed E-state index contributed by atoms with van der Waals surface area (Å²) in [7, 11) is 0. The van der Waals surface area contributed by atoms with Gasteiger partial charge in [-0.3, -0.25) is 9.69 Å². The molecule has 1 aliphatic heterocycles. The zero-order valence-electron chi connectivity index (χ0n) is 13.5. The molecule has 2 aromatic carbocycles. The molecule has 25 heavy (non-hydrogen) atoms. The summed E-state index contributed by atoms with van der Waals surface area (Å²) >= 11 is 6.10. The number of piperazine rings is 1. The molecule has 1 atom stereocenters. The van der Waals surface area contributed by atoms with Gasteiger partial charge in [0.15, 0.2) is 0 Å². The highest BCUT2D eigenvalue weighted by Crippen LogP contribution is 2.23. The van der Waals surface area contributed by atoms with Crippen molar-refractivity contribution >= 4 is 17.5 Å². The first-order valence-electron chi connectivity index (χ1n) is 8.03. The van der Waals surface area contributed by atoms with E-state index in [2.05, 4.69) is 6.07 Å². The number of hydrogen-bond donors (Lipinski definition) is 0. The van der Waals surface area contributed by atoms with E-state index in [0.717, 1.165) is 5.56 Å². The molecule has 0 N–H and O–H groups in total. The van der Waals surface area contributed by atoms with Gasteiger partial charge in [0.25, 0.3) is 5.91 Å². The fraction of sp³-hybridized carbons (Fsp3) is 0.263. The molecular formula is C19H17ClFN3O. The Balaban J connectivity index is 1.67. The summed E-state index contributed by atoms with van der Waals surface area (Å²) < 4.78 is 13.1. The van der Waals surface area contributed by atoms with Gasteiger partial charge in [0, 0.05) is 26.2 Å². The van der Waals surface area contributed by atoms with Crippen molar-refractivity contribution in [3.8, 4) is 6.07 Å². The summed E-state index contributed by atoms with van der Waals surface area (Å²) in [5.41, 5.74) is 1.25. The lowest BCUT2D eigenvalue weighted by Gasteiger charge is -2.37. The number of benzene rings is 2. The number of halogens is 2. The van der Waals surface area contributed by atoms with Crippen LogP contribution in [0.5, 0.6) is 0 Å². The molecule has 1 fully saturated rings. The Morgan fingerprint density at radius 3 is 2.32 bits per heavy atom. The highest BCUT2D eigenvalue weighted by molar-refractivity contribution is 6.33. The highest BCUT2D eigenvalue weighted by atomic mass is 35.5. The van der Waals surface area contributed by atoms with Gasteiger partial charge in [-0.15, -0.1) is 0 Å². The molecule has 0 spiro atoms. The lowest BCUT2D eigenvalue weighted by atomic mass is 10.1. The van der Waals surface area contributed by atoms with Gasteiger partial charge in [-0.1, -0.05) is 35.9 Å². The van der Waals surface area contributed by atoms with E-state index in [-0.39, 0.29) is 11.7 Å². The van der Waals surface area contributed by atoms with E-state index < -0.39 is 6.04 Å². The lowest BCUT2D eigenvalue weighted by molar-refractivity contribution is 0.0606. The number of carbonyl (C=O) groups is 1. The van der Waals surface area contributed by atoms with Crippen LogP contribution < -0.4 is 0 Å². The third-order valence-electron chi connectivity index (χ3n) is 4.38. The van der Waals surface area contributed by atoms with E-state index in [1.165, 1.54) is 12.1 Å². The summed E-state index contributed by atoms with van der Waals surface area (Å²) in [6.07, 6.45) is 0. The van der Waals surface area contributed by atoms with E-state index in [4.69, 9.17) is 11.6 Å². The van der Waals surface area contributed by atoms with Crippen LogP contribution in [0, 0.1) is 17.1 Å². The lowest BCUT2D eigenvalue weighted by Crippen LogP contribution is -2.49. The van der Waals surface area contributed by atoms with Gasteiger partial charge in [0.1, 0.15) is 11.9 Å². The van der Waals surface area contributed by atoms with Crippen LogP contribution in [-0.2, 0) is 0 Å². The van der Waals surface area contributed by atoms with Gasteiger partial charge in [0.05, 0.1) is 16.7 Å². The normalized spacial score (nSPS) is 16.3. The van der Waals surface area contributed by atoms with Crippen LogP contribution in [0.1, 0.15) is 22.0 Å². The molecule has 6 heteroatoms. The predicted octanol–water partition coefficient (Wildman–Crippen LogP) is 3.50. The van der Waals surface area contributed by atoms with Crippen molar-refractivity contribution in [3.63, 3.8) is 0 Å². The standard InChI is InChI=1S/C19H17ClFN3O/c20-17-4-2-1-3-16(17)19(25)24-11-9-23(10-12-24)18(13-22)14-5-7-15(21)8-6-14/h1-8,18H,9-12H2/t18-/m0/s1. The van der Waals surface area contributed by atoms with E-state index in [1.54, 1.807) is 41.3 Å². The second-order valence-electron chi connectivity index (χ2n) is 5.89. The number of nitrogens with zero attached hydrogens (tertiary/aromatic N) is 3. The smallest absolute Gasteiger partial charge is 0.255 e. The van der Waals surface area contributed by atoms with Crippen LogP contribution in [0.15, 0.2) is 48.5 Å². The fourth-order valence-corrected chi connectivity index (χ4v) is 3.22. The first-order chi connectivity index (χ1) is 12.1. The highest BCUT2D eigenvalue weighted by Gasteiger charge is 2.28. The van der Waals surface area contributed by atoms with E-state index >= 15 is 0 Å². The molecule has 1 saturated heterocycles. The molecule has 0 saturated carbocycles. The monoisotopic (exact) mass is 357 g/mol. The molecule has 0 bridgehead atoms. The van der Waals surface area contributed by atoms with Crippen LogP contribution in [0.3, 0.4) is 0 Å². The Morgan fingerprint density at radius 2 is 1.72 bits per heavy atom. The van der Waals surface area contributed by atoms with E-state index in [1.807, 2.05) is 4.90 Å². The maximum atomic E-state index is 13.1. The van der Waals surface area contributed by atoms with Crippen molar-refractivity contribution in [3.05, 3.63) is 70.5 Å². The molecule has 4 nitrogen and oxygen atoms in total. The van der Waals surface area contributed by atoms with Crippen molar-refractivity contribution in [2.24, 2.45) is 0 Å². The minimum atomic E-state index is -0.446. The number of amides is 1. The Bertz CT molecular complexity index is 795. The van der Waals surface area contributed by atoms with Crippen LogP contribution in [-0.4, -0.2) is 41.9 Å². The van der Waals surface area contributed by atoms with Gasteiger partial charge in [-0.2, -0.15) is 5.26 Å². The molecular weight excluding hydrogens is 341 g/mol. The third kappa shape index (κ3) is 3.81. The third-order valence-corrected chi connectivity index (χ3v) is 4.71. The molecule has 128 valence electrons. The van der Waals surface area contributed by atoms with E-state index in [9.17, 15) is 14.4 Å². The minimum absolute atomic E-state index is 0.0967. The average molecular weight is 358 g/mol. The number of hydrogen-bond acceptors (Lipinski definition) is 3. The van der Waals surface area contributed by atoms with Gasteiger partial charge in [-0.25, -0.2) is 4.39 Å². The molecule has 1 heterocycles. The topological polar surface area (TPSA) is 47.3 Å². The zero-order valence-corrected chi connectivity index (χ0v) is 14.3. The number of nitriles is 1. The Morgan fingerprint density at radius 1 is 1.08 bits per heavy atom. The molecule has 2 aromatic rings. The van der Waals surface area contributed by atoms with Gasteiger partial charge < -0.3 is 4.90 Å². The molecule has 0 radical (unpaired) electrons. The summed E-state index contributed by atoms with van der Waals surface area (Å²) in [5.74, 6) is -0.420. The van der Waals surface area contributed by atoms with Crippen molar-refractivity contribution in [2.45, 2.75) is 6.04 Å². The SMILES string of the molecule is N#C[C@@H](c1ccc(F)cc1)N1CCN(C(=O)c2ccccc2Cl)CC1. The van der Waals surface area contributed by atoms with Gasteiger partial charge >= 0.3 is 0 Å². The van der Waals surface area contributed by atoms with Crippen LogP contribution in [0.25, 0.3) is 0 Å². The Labute approximate surface area is 151 Å². The molecule has 0 unspecified atom stereocenters. The number of rotatable bonds is 3. The van der Waals surface area contributed by atoms with E-state index in [0.29, 0.717) is 36.8 Å². The maximum absolute atomic E-state index is 13.1. The number of carbonyl (C=O) groups excluding carboxylic acids is 1. The van der Waals surface area contributed by atoms with Gasteiger partial charge in [0.2, 0.25) is 0 Å². The Kier molecular flexibility index (Phi) is 5.32. The minimum Gasteiger partial charge on any atom is -0.336 e. The second-order valence-corrected chi connectivity index (χ2v) is 6.30. The maximum Gasteiger partial charge on any atom is 0.255 e. The van der Waals surface area contributed by atoms with Crippen molar-refractivity contribution in [1.82, 2.24) is 9.80 Å². The first-order valence-corrected chi connectivity index (χ1v) is 8.41. The second kappa shape index (κ2) is 7.64. The molecule has 0 aromatic heterocycles. The van der Waals surface area contributed by atoms with Gasteiger partial charge in [-0.05, 0) is 29.8 Å². The molecule has 1 aliphatic rings. The Hall–Kier alpha value is -2.42. The van der Waals surface area contributed by atoms with Crippen LogP contribution in [0.4, 0.5) is 4.39 Å². The summed E-state index contributed by atoms with van der Waals surface area (Å²) in [6, 6.07) is 14.8. The molecule has 0 aliphatic carbocycles. The van der Waals surface area contributed by atoms with Crippen LogP contribution >= 0.6 is 11.6 Å². The predicted molar refractivity (Wildman–Crippen MR) is 93.7 cm³/mol. The quantitative estimate of drug-likeness (QED) is 0.844. The molecule has 1 amide bonds. The average Bonchev–Trinajstić information content (AvgIpc) is 2.64. The fourth-order valence-electron chi connectivity index (χ4n) is 3.00. The van der Waals surface area contributed by atoms with Crippen molar-refractivity contribution < 1.29 is 9.18 Å². The van der Waals surface area contributed by atoms with Crippen molar-refractivity contribution in [1.29, 1.82) is 5.26 Å². The summed E-state index contributed by atoms with van der Waals surface area (Å²) in [5, 5.41) is 9.95. The molecule has 3 rings (SSSR count). The first kappa shape index (κ1) is 17.4. The zero-order chi connectivity index (χ0) is 17.8. The largest absolute Gasteiger partial charge is 0.336 e. The summed E-state index contributed by atoms with van der Waals surface area (Å²) in [4.78, 5) is 16.3. The van der Waals surface area contributed by atoms with Crippen LogP contribution in [0.2, 0.25) is 5.02 Å². The van der Waals surface area contributed by atoms with Crippen molar-refractivity contribution in [2.75, 3.05) is 26.2 Å². The summed E-state index contributed by atoms with van der Waals surface area (Å²) in [6.45, 7) is 2.18.